The van der Waals surface area contributed by atoms with Gasteiger partial charge < -0.3 is 15.6 Å². The fourth-order valence-electron chi connectivity index (χ4n) is 4.88. The summed E-state index contributed by atoms with van der Waals surface area (Å²) < 4.78 is 14.6. The number of pyridine rings is 1. The summed E-state index contributed by atoms with van der Waals surface area (Å²) in [6.45, 7) is 0. The summed E-state index contributed by atoms with van der Waals surface area (Å²) in [4.78, 5) is 28.8. The molecule has 3 N–H and O–H groups in total. The Morgan fingerprint density at radius 3 is 2.68 bits per heavy atom. The Balaban J connectivity index is 1.36. The molecule has 3 aromatic heterocycles. The molecule has 2 aliphatic carbocycles. The van der Waals surface area contributed by atoms with Crippen molar-refractivity contribution >= 4 is 22.8 Å². The van der Waals surface area contributed by atoms with Crippen molar-refractivity contribution in [3.05, 3.63) is 36.5 Å². The van der Waals surface area contributed by atoms with Crippen molar-refractivity contribution in [3.8, 4) is 11.4 Å². The number of carbonyl (C=O) groups is 1. The molecule has 0 aromatic carbocycles. The maximum atomic E-state index is 14.6. The number of hydrogen-bond donors (Lipinski definition) is 3. The first kappa shape index (κ1) is 19.9. The Morgan fingerprint density at radius 2 is 1.84 bits per heavy atom. The first-order valence-corrected chi connectivity index (χ1v) is 11.2. The van der Waals surface area contributed by atoms with Gasteiger partial charge in [-0.2, -0.15) is 0 Å². The van der Waals surface area contributed by atoms with Gasteiger partial charge in [-0.05, 0) is 37.8 Å². The number of amides is 1. The molecule has 2 saturated carbocycles. The van der Waals surface area contributed by atoms with Crippen LogP contribution in [-0.2, 0) is 4.79 Å². The van der Waals surface area contributed by atoms with Gasteiger partial charge in [-0.15, -0.1) is 0 Å². The van der Waals surface area contributed by atoms with Crippen LogP contribution >= 0.6 is 0 Å². The number of hydrogen-bond acceptors (Lipinski definition) is 5. The highest BCUT2D eigenvalue weighted by Crippen LogP contribution is 2.29. The SMILES string of the molecule is O=C(NC1CCCCC1Nc1nc(-c2c[nH]c3ncccc23)ncc1F)C1CCCC1. The number of H-pyrrole nitrogens is 1. The van der Waals surface area contributed by atoms with E-state index in [1.807, 2.05) is 12.1 Å². The minimum absolute atomic E-state index is 0.0167. The van der Waals surface area contributed by atoms with Crippen LogP contribution in [0.1, 0.15) is 51.4 Å². The number of nitrogens with zero attached hydrogens (tertiary/aromatic N) is 3. The predicted octanol–water partition coefficient (Wildman–Crippen LogP) is 4.19. The Bertz CT molecular complexity index is 1080. The second-order valence-electron chi connectivity index (χ2n) is 8.62. The molecule has 1 amide bonds. The first-order chi connectivity index (χ1) is 15.2. The second kappa shape index (κ2) is 8.61. The maximum absolute atomic E-state index is 14.6. The molecule has 0 saturated heterocycles. The molecule has 0 aliphatic heterocycles. The molecule has 2 atom stereocenters. The zero-order chi connectivity index (χ0) is 21.2. The number of anilines is 1. The zero-order valence-corrected chi connectivity index (χ0v) is 17.4. The van der Waals surface area contributed by atoms with Crippen molar-refractivity contribution in [3.63, 3.8) is 0 Å². The van der Waals surface area contributed by atoms with Crippen molar-refractivity contribution in [2.45, 2.75) is 63.5 Å². The van der Waals surface area contributed by atoms with E-state index in [1.54, 1.807) is 12.4 Å². The summed E-state index contributed by atoms with van der Waals surface area (Å²) in [5, 5.41) is 7.40. The smallest absolute Gasteiger partial charge is 0.223 e. The highest BCUT2D eigenvalue weighted by molar-refractivity contribution is 5.91. The molecule has 3 aromatic rings. The fourth-order valence-corrected chi connectivity index (χ4v) is 4.88. The van der Waals surface area contributed by atoms with Gasteiger partial charge in [0.25, 0.3) is 0 Å². The van der Waals surface area contributed by atoms with Crippen LogP contribution in [0.15, 0.2) is 30.7 Å². The highest BCUT2D eigenvalue weighted by Gasteiger charge is 2.31. The molecule has 162 valence electrons. The van der Waals surface area contributed by atoms with Gasteiger partial charge in [-0.3, -0.25) is 4.79 Å². The minimum atomic E-state index is -0.492. The van der Waals surface area contributed by atoms with E-state index in [-0.39, 0.29) is 29.7 Å². The Kier molecular flexibility index (Phi) is 5.53. The largest absolute Gasteiger partial charge is 0.363 e. The number of rotatable bonds is 5. The number of carbonyl (C=O) groups excluding carboxylic acids is 1. The van der Waals surface area contributed by atoms with Crippen LogP contribution in [0.2, 0.25) is 0 Å². The van der Waals surface area contributed by atoms with Crippen molar-refractivity contribution < 1.29 is 9.18 Å². The Hall–Kier alpha value is -3.03. The summed E-state index contributed by atoms with van der Waals surface area (Å²) in [7, 11) is 0. The van der Waals surface area contributed by atoms with E-state index in [2.05, 4.69) is 30.6 Å². The van der Waals surface area contributed by atoms with Crippen LogP contribution in [-0.4, -0.2) is 37.9 Å². The van der Waals surface area contributed by atoms with Gasteiger partial charge in [-0.25, -0.2) is 19.3 Å². The lowest BCUT2D eigenvalue weighted by Crippen LogP contribution is -2.50. The van der Waals surface area contributed by atoms with Crippen molar-refractivity contribution in [1.29, 1.82) is 0 Å². The van der Waals surface area contributed by atoms with Crippen molar-refractivity contribution in [1.82, 2.24) is 25.3 Å². The third-order valence-corrected chi connectivity index (χ3v) is 6.58. The number of aromatic amines is 1. The molecule has 0 bridgehead atoms. The van der Waals surface area contributed by atoms with E-state index in [9.17, 15) is 9.18 Å². The number of nitrogens with one attached hydrogen (secondary N) is 3. The molecule has 2 fully saturated rings. The van der Waals surface area contributed by atoms with E-state index in [0.717, 1.165) is 68.0 Å². The average molecular weight is 423 g/mol. The van der Waals surface area contributed by atoms with Gasteiger partial charge in [-0.1, -0.05) is 25.7 Å². The number of fused-ring (bicyclic) bond motifs is 1. The van der Waals surface area contributed by atoms with E-state index < -0.39 is 5.82 Å². The summed E-state index contributed by atoms with van der Waals surface area (Å²) in [5.74, 6) is 0.390. The van der Waals surface area contributed by atoms with Crippen LogP contribution in [0.5, 0.6) is 0 Å². The predicted molar refractivity (Wildman–Crippen MR) is 117 cm³/mol. The lowest BCUT2D eigenvalue weighted by atomic mass is 9.89. The van der Waals surface area contributed by atoms with Crippen LogP contribution in [0.4, 0.5) is 10.2 Å². The molecule has 7 nitrogen and oxygen atoms in total. The molecule has 5 rings (SSSR count). The van der Waals surface area contributed by atoms with Gasteiger partial charge in [0.2, 0.25) is 5.91 Å². The van der Waals surface area contributed by atoms with E-state index >= 15 is 0 Å². The maximum Gasteiger partial charge on any atom is 0.223 e. The van der Waals surface area contributed by atoms with E-state index in [0.29, 0.717) is 5.82 Å². The quantitative estimate of drug-likeness (QED) is 0.573. The van der Waals surface area contributed by atoms with Crippen LogP contribution in [0.25, 0.3) is 22.4 Å². The summed E-state index contributed by atoms with van der Waals surface area (Å²) >= 11 is 0. The van der Waals surface area contributed by atoms with Crippen molar-refractivity contribution in [2.75, 3.05) is 5.32 Å². The lowest BCUT2D eigenvalue weighted by molar-refractivity contribution is -0.125. The van der Waals surface area contributed by atoms with Crippen LogP contribution in [0, 0.1) is 11.7 Å². The molecule has 2 unspecified atom stereocenters. The molecule has 0 radical (unpaired) electrons. The van der Waals surface area contributed by atoms with Gasteiger partial charge in [0.05, 0.1) is 6.20 Å². The van der Waals surface area contributed by atoms with Crippen molar-refractivity contribution in [2.24, 2.45) is 5.92 Å². The van der Waals surface area contributed by atoms with Crippen LogP contribution < -0.4 is 10.6 Å². The van der Waals surface area contributed by atoms with Gasteiger partial charge in [0.1, 0.15) is 5.65 Å². The molecule has 0 spiro atoms. The van der Waals surface area contributed by atoms with Gasteiger partial charge in [0.15, 0.2) is 17.5 Å². The minimum Gasteiger partial charge on any atom is -0.363 e. The molecule has 8 heteroatoms. The number of aromatic nitrogens is 4. The molecule has 31 heavy (non-hydrogen) atoms. The van der Waals surface area contributed by atoms with Gasteiger partial charge in [0, 0.05) is 41.3 Å². The first-order valence-electron chi connectivity index (χ1n) is 11.2. The summed E-state index contributed by atoms with van der Waals surface area (Å²) in [5.41, 5.74) is 1.52. The third kappa shape index (κ3) is 4.11. The zero-order valence-electron chi connectivity index (χ0n) is 17.4. The molecule has 2 aliphatic rings. The Morgan fingerprint density at radius 1 is 1.06 bits per heavy atom. The van der Waals surface area contributed by atoms with E-state index in [4.69, 9.17) is 0 Å². The standard InChI is InChI=1S/C23H27FN6O/c24-17-13-27-21(16-12-26-20-15(16)8-5-11-25-20)30-22(17)28-18-9-3-4-10-19(18)29-23(31)14-6-1-2-7-14/h5,8,11-14,18-19H,1-4,6-7,9-10H2,(H,25,26)(H,29,31)(H,27,28,30). The topological polar surface area (TPSA) is 95.6 Å². The summed E-state index contributed by atoms with van der Waals surface area (Å²) in [6, 6.07) is 3.71. The summed E-state index contributed by atoms with van der Waals surface area (Å²) in [6.07, 6.45) is 12.8. The fraction of sp³-hybridized carbons (Fsp3) is 0.478. The average Bonchev–Trinajstić information content (AvgIpc) is 3.47. The molecular weight excluding hydrogens is 395 g/mol. The highest BCUT2D eigenvalue weighted by atomic mass is 19.1. The Labute approximate surface area is 180 Å². The van der Waals surface area contributed by atoms with Gasteiger partial charge >= 0.3 is 0 Å². The van der Waals surface area contributed by atoms with Crippen LogP contribution in [0.3, 0.4) is 0 Å². The third-order valence-electron chi connectivity index (χ3n) is 6.58. The lowest BCUT2D eigenvalue weighted by Gasteiger charge is -2.34. The second-order valence-corrected chi connectivity index (χ2v) is 8.62. The molecule has 3 heterocycles. The number of halogens is 1. The normalized spacial score (nSPS) is 22.0. The monoisotopic (exact) mass is 422 g/mol. The van der Waals surface area contributed by atoms with E-state index in [1.165, 1.54) is 6.20 Å². The molecular formula is C23H27FN6O.